The van der Waals surface area contributed by atoms with Gasteiger partial charge in [-0.1, -0.05) is 85.8 Å². The van der Waals surface area contributed by atoms with Gasteiger partial charge in [-0.15, -0.1) is 0 Å². The van der Waals surface area contributed by atoms with Crippen LogP contribution in [0.5, 0.6) is 0 Å². The van der Waals surface area contributed by atoms with Crippen LogP contribution in [0.1, 0.15) is 30.9 Å². The van der Waals surface area contributed by atoms with Gasteiger partial charge in [-0.05, 0) is 54.7 Å². The Morgan fingerprint density at radius 3 is 2.26 bits per heavy atom. The number of hydrogen-bond donors (Lipinski definition) is 1. The highest BCUT2D eigenvalue weighted by Crippen LogP contribution is 2.42. The first-order valence-corrected chi connectivity index (χ1v) is 12.6. The van der Waals surface area contributed by atoms with Crippen molar-refractivity contribution in [2.24, 2.45) is 0 Å². The molecule has 0 spiro atoms. The van der Waals surface area contributed by atoms with Gasteiger partial charge in [0, 0.05) is 11.4 Å². The lowest BCUT2D eigenvalue weighted by Crippen LogP contribution is -2.30. The van der Waals surface area contributed by atoms with Crippen molar-refractivity contribution < 1.29 is 9.59 Å². The van der Waals surface area contributed by atoms with Crippen LogP contribution in [0.3, 0.4) is 0 Å². The zero-order valence-corrected chi connectivity index (χ0v) is 20.4. The number of nitrogens with zero attached hydrogens (tertiary/aromatic N) is 2. The predicted octanol–water partition coefficient (Wildman–Crippen LogP) is 6.09. The maximum absolute atomic E-state index is 13.5. The van der Waals surface area contributed by atoms with E-state index in [2.05, 4.69) is 18.3 Å². The first-order valence-electron chi connectivity index (χ1n) is 11.7. The van der Waals surface area contributed by atoms with Crippen LogP contribution >= 0.6 is 11.8 Å². The van der Waals surface area contributed by atoms with Crippen LogP contribution in [-0.2, 0) is 22.4 Å². The highest BCUT2D eigenvalue weighted by atomic mass is 32.2. The Bertz CT molecular complexity index is 1250. The van der Waals surface area contributed by atoms with Crippen LogP contribution in [0, 0.1) is 11.3 Å². The molecular weight excluding hydrogens is 454 g/mol. The molecule has 1 atom stereocenters. The zero-order chi connectivity index (χ0) is 24.6. The van der Waals surface area contributed by atoms with Gasteiger partial charge in [0.25, 0.3) is 5.91 Å². The Kier molecular flexibility index (Phi) is 8.02. The number of rotatable bonds is 8. The van der Waals surface area contributed by atoms with Crippen LogP contribution < -0.4 is 10.2 Å². The molecule has 0 radical (unpaired) electrons. The minimum Gasteiger partial charge on any atom is -0.321 e. The summed E-state index contributed by atoms with van der Waals surface area (Å²) in [6.45, 7) is 2.15. The molecule has 4 rings (SSSR count). The average molecular weight is 482 g/mol. The minimum atomic E-state index is -0.523. The van der Waals surface area contributed by atoms with Crippen LogP contribution in [-0.4, -0.2) is 17.1 Å². The van der Waals surface area contributed by atoms with Gasteiger partial charge >= 0.3 is 0 Å². The second-order valence-corrected chi connectivity index (χ2v) is 9.54. The van der Waals surface area contributed by atoms with Gasteiger partial charge in [0.2, 0.25) is 5.91 Å². The van der Waals surface area contributed by atoms with Crippen molar-refractivity contribution in [3.63, 3.8) is 0 Å². The first-order chi connectivity index (χ1) is 17.1. The molecule has 1 aliphatic heterocycles. The molecule has 176 valence electrons. The van der Waals surface area contributed by atoms with Crippen molar-refractivity contribution in [3.8, 4) is 6.07 Å². The summed E-state index contributed by atoms with van der Waals surface area (Å²) in [5, 5.41) is 12.8. The monoisotopic (exact) mass is 481 g/mol. The second-order valence-electron chi connectivity index (χ2n) is 8.35. The zero-order valence-electron chi connectivity index (χ0n) is 19.6. The number of carbonyl (C=O) groups excluding carboxylic acids is 2. The molecule has 1 saturated heterocycles. The third-order valence-corrected chi connectivity index (χ3v) is 7.08. The molecule has 5 nitrogen and oxygen atoms in total. The molecule has 1 aliphatic rings. The molecule has 1 N–H and O–H groups in total. The summed E-state index contributed by atoms with van der Waals surface area (Å²) < 4.78 is 0. The van der Waals surface area contributed by atoms with Crippen LogP contribution in [0.2, 0.25) is 0 Å². The molecule has 3 aromatic carbocycles. The smallest absolute Gasteiger partial charge is 0.269 e. The van der Waals surface area contributed by atoms with Gasteiger partial charge in [0.1, 0.15) is 16.7 Å². The molecule has 0 saturated carbocycles. The van der Waals surface area contributed by atoms with Crippen molar-refractivity contribution in [2.45, 2.75) is 37.9 Å². The number of nitriles is 1. The molecule has 1 unspecified atom stereocenters. The van der Waals surface area contributed by atoms with Crippen LogP contribution in [0.25, 0.3) is 0 Å². The van der Waals surface area contributed by atoms with E-state index in [4.69, 9.17) is 0 Å². The molecule has 1 heterocycles. The number of para-hydroxylation sites is 1. The highest BCUT2D eigenvalue weighted by Gasteiger charge is 2.40. The molecule has 2 amide bonds. The fraction of sp³-hybridized carbons (Fsp3) is 0.207. The molecule has 0 aromatic heterocycles. The number of carbonyl (C=O) groups is 2. The van der Waals surface area contributed by atoms with Gasteiger partial charge < -0.3 is 5.32 Å². The van der Waals surface area contributed by atoms with Gasteiger partial charge in [-0.2, -0.15) is 5.26 Å². The quantitative estimate of drug-likeness (QED) is 0.312. The summed E-state index contributed by atoms with van der Waals surface area (Å²) in [5.74, 6) is -0.661. The lowest BCUT2D eigenvalue weighted by molar-refractivity contribution is -0.117. The van der Waals surface area contributed by atoms with Gasteiger partial charge in [-0.25, -0.2) is 0 Å². The third-order valence-electron chi connectivity index (χ3n) is 5.81. The van der Waals surface area contributed by atoms with E-state index in [1.165, 1.54) is 22.2 Å². The summed E-state index contributed by atoms with van der Waals surface area (Å²) in [5.41, 5.74) is 3.41. The van der Waals surface area contributed by atoms with Crippen LogP contribution in [0.4, 0.5) is 11.4 Å². The van der Waals surface area contributed by atoms with E-state index < -0.39 is 11.2 Å². The summed E-state index contributed by atoms with van der Waals surface area (Å²) >= 11 is 1.27. The number of nitrogens with one attached hydrogen (secondary N) is 1. The minimum absolute atomic E-state index is 0.0715. The average Bonchev–Trinajstić information content (AvgIpc) is 3.20. The summed E-state index contributed by atoms with van der Waals surface area (Å²) in [6, 6.07) is 28.7. The molecule has 1 fully saturated rings. The van der Waals surface area contributed by atoms with Crippen molar-refractivity contribution in [1.82, 2.24) is 0 Å². The number of thioether (sulfide) groups is 1. The molecule has 6 heteroatoms. The molecule has 3 aromatic rings. The SMILES string of the molecule is CCCCc1ccc(NC(=O)/C(C#N)=C2/SC(Cc3ccccc3)C(=O)N2c2ccccc2)cc1. The maximum Gasteiger partial charge on any atom is 0.269 e. The van der Waals surface area contributed by atoms with Gasteiger partial charge in [0.05, 0.1) is 5.25 Å². The van der Waals surface area contributed by atoms with Gasteiger partial charge in [0.15, 0.2) is 0 Å². The lowest BCUT2D eigenvalue weighted by atomic mass is 10.1. The molecule has 0 bridgehead atoms. The maximum atomic E-state index is 13.5. The fourth-order valence-electron chi connectivity index (χ4n) is 3.96. The van der Waals surface area contributed by atoms with E-state index in [0.29, 0.717) is 22.8 Å². The standard InChI is InChI=1S/C29H27N3O2S/c1-2-3-10-21-15-17-23(18-16-21)31-27(33)25(20-30)29-32(24-13-8-5-9-14-24)28(34)26(35-29)19-22-11-6-4-7-12-22/h4-9,11-18,26H,2-3,10,19H2,1H3,(H,31,33)/b29-25+. The molecule has 35 heavy (non-hydrogen) atoms. The molecule has 0 aliphatic carbocycles. The third kappa shape index (κ3) is 5.82. The van der Waals surface area contributed by atoms with E-state index in [-0.39, 0.29) is 11.5 Å². The van der Waals surface area contributed by atoms with Crippen molar-refractivity contribution in [1.29, 1.82) is 5.26 Å². The predicted molar refractivity (Wildman–Crippen MR) is 142 cm³/mol. The number of amides is 2. The largest absolute Gasteiger partial charge is 0.321 e. The van der Waals surface area contributed by atoms with Crippen molar-refractivity contribution in [3.05, 3.63) is 107 Å². The number of benzene rings is 3. The van der Waals surface area contributed by atoms with Crippen LogP contribution in [0.15, 0.2) is 95.5 Å². The summed E-state index contributed by atoms with van der Waals surface area (Å²) in [6.07, 6.45) is 3.74. The Labute approximate surface area is 210 Å². The normalized spacial score (nSPS) is 16.6. The Balaban J connectivity index is 1.63. The summed E-state index contributed by atoms with van der Waals surface area (Å²) in [7, 11) is 0. The van der Waals surface area contributed by atoms with Crippen molar-refractivity contribution in [2.75, 3.05) is 10.2 Å². The molecular formula is C29H27N3O2S. The Morgan fingerprint density at radius 1 is 0.971 bits per heavy atom. The number of anilines is 2. The second kappa shape index (κ2) is 11.5. The highest BCUT2D eigenvalue weighted by molar-refractivity contribution is 8.05. The van der Waals surface area contributed by atoms with E-state index in [1.807, 2.05) is 84.9 Å². The lowest BCUT2D eigenvalue weighted by Gasteiger charge is -2.18. The van der Waals surface area contributed by atoms with Gasteiger partial charge in [-0.3, -0.25) is 14.5 Å². The topological polar surface area (TPSA) is 73.2 Å². The number of unbranched alkanes of at least 4 members (excludes halogenated alkanes) is 1. The van der Waals surface area contributed by atoms with E-state index in [0.717, 1.165) is 24.8 Å². The van der Waals surface area contributed by atoms with E-state index in [1.54, 1.807) is 0 Å². The number of hydrogen-bond acceptors (Lipinski definition) is 4. The van der Waals surface area contributed by atoms with E-state index >= 15 is 0 Å². The Morgan fingerprint density at radius 2 is 1.63 bits per heavy atom. The first kappa shape index (κ1) is 24.3. The van der Waals surface area contributed by atoms with E-state index in [9.17, 15) is 14.9 Å². The summed E-state index contributed by atoms with van der Waals surface area (Å²) in [4.78, 5) is 28.2. The van der Waals surface area contributed by atoms with Crippen molar-refractivity contribution >= 4 is 35.0 Å². The fourth-order valence-corrected chi connectivity index (χ4v) is 5.26. The number of aryl methyl sites for hydroxylation is 1. The Hall–Kier alpha value is -3.82.